The number of allylic oxidation sites excluding steroid dienone is 1. The van der Waals surface area contributed by atoms with E-state index >= 15 is 0 Å². The van der Waals surface area contributed by atoms with E-state index in [9.17, 15) is 0 Å². The lowest BCUT2D eigenvalue weighted by Gasteiger charge is -2.33. The predicted molar refractivity (Wildman–Crippen MR) is 84.8 cm³/mol. The SMILES string of the molecule is C=CCCCC[SiH](CC)O[Si](CC)(CC)CC. The van der Waals surface area contributed by atoms with Gasteiger partial charge in [0.1, 0.15) is 0 Å². The molecular weight excluding hydrogens is 240 g/mol. The first-order chi connectivity index (χ1) is 8.17. The number of hydrogen-bond acceptors (Lipinski definition) is 1. The third kappa shape index (κ3) is 6.58. The largest absolute Gasteiger partial charge is 0.457 e. The van der Waals surface area contributed by atoms with Gasteiger partial charge in [-0.15, -0.1) is 6.58 Å². The Morgan fingerprint density at radius 2 is 1.65 bits per heavy atom. The molecule has 0 aromatic heterocycles. The third-order valence-corrected chi connectivity index (χ3v) is 13.2. The Kier molecular flexibility index (Phi) is 10.2. The van der Waals surface area contributed by atoms with Crippen LogP contribution in [0.5, 0.6) is 0 Å². The number of hydrogen-bond donors (Lipinski definition) is 0. The Labute approximate surface area is 112 Å². The smallest absolute Gasteiger partial charge is 0.178 e. The van der Waals surface area contributed by atoms with E-state index in [1.165, 1.54) is 49.5 Å². The molecular formula is C14H32OSi2. The molecule has 0 saturated carbocycles. The van der Waals surface area contributed by atoms with Gasteiger partial charge in [-0.3, -0.25) is 0 Å². The molecule has 0 aliphatic heterocycles. The zero-order valence-electron chi connectivity index (χ0n) is 12.4. The van der Waals surface area contributed by atoms with Gasteiger partial charge in [0.2, 0.25) is 0 Å². The van der Waals surface area contributed by atoms with E-state index < -0.39 is 17.4 Å². The fourth-order valence-corrected chi connectivity index (χ4v) is 11.0. The summed E-state index contributed by atoms with van der Waals surface area (Å²) in [5, 5.41) is 0. The lowest BCUT2D eigenvalue weighted by atomic mass is 10.2. The topological polar surface area (TPSA) is 9.23 Å². The molecule has 0 N–H and O–H groups in total. The Hall–Kier alpha value is 0.134. The van der Waals surface area contributed by atoms with Crippen LogP contribution in [0.3, 0.4) is 0 Å². The molecule has 0 aromatic rings. The monoisotopic (exact) mass is 272 g/mol. The van der Waals surface area contributed by atoms with Gasteiger partial charge >= 0.3 is 0 Å². The molecule has 3 heteroatoms. The summed E-state index contributed by atoms with van der Waals surface area (Å²) < 4.78 is 6.67. The highest BCUT2D eigenvalue weighted by atomic mass is 28.4. The summed E-state index contributed by atoms with van der Waals surface area (Å²) in [7, 11) is -2.23. The average molecular weight is 273 g/mol. The first kappa shape index (κ1) is 17.1. The molecule has 0 radical (unpaired) electrons. The molecule has 0 fully saturated rings. The Balaban J connectivity index is 4.12. The minimum Gasteiger partial charge on any atom is -0.457 e. The van der Waals surface area contributed by atoms with Crippen LogP contribution in [-0.2, 0) is 4.12 Å². The Morgan fingerprint density at radius 1 is 1.06 bits per heavy atom. The molecule has 0 spiro atoms. The van der Waals surface area contributed by atoms with E-state index in [0.29, 0.717) is 0 Å². The summed E-state index contributed by atoms with van der Waals surface area (Å²) in [6, 6.07) is 6.59. The third-order valence-electron chi connectivity index (χ3n) is 3.99. The summed E-state index contributed by atoms with van der Waals surface area (Å²) in [6.07, 6.45) is 5.85. The molecule has 102 valence electrons. The van der Waals surface area contributed by atoms with Crippen molar-refractivity contribution in [3.05, 3.63) is 12.7 Å². The van der Waals surface area contributed by atoms with Crippen LogP contribution in [0.4, 0.5) is 0 Å². The van der Waals surface area contributed by atoms with Crippen molar-refractivity contribution in [3.8, 4) is 0 Å². The van der Waals surface area contributed by atoms with E-state index in [1.54, 1.807) is 0 Å². The molecule has 0 saturated heterocycles. The van der Waals surface area contributed by atoms with Crippen molar-refractivity contribution in [2.24, 2.45) is 0 Å². The second kappa shape index (κ2) is 10.1. The second-order valence-corrected chi connectivity index (χ2v) is 13.0. The molecule has 1 atom stereocenters. The average Bonchev–Trinajstić information content (AvgIpc) is 2.39. The first-order valence-corrected chi connectivity index (χ1v) is 12.1. The highest BCUT2D eigenvalue weighted by molar-refractivity contribution is 6.80. The fourth-order valence-electron chi connectivity index (χ4n) is 2.36. The van der Waals surface area contributed by atoms with Crippen LogP contribution < -0.4 is 0 Å². The van der Waals surface area contributed by atoms with Crippen LogP contribution in [0.25, 0.3) is 0 Å². The van der Waals surface area contributed by atoms with Crippen molar-refractivity contribution in [1.29, 1.82) is 0 Å². The Morgan fingerprint density at radius 3 is 2.06 bits per heavy atom. The van der Waals surface area contributed by atoms with E-state index in [1.807, 2.05) is 6.08 Å². The molecule has 0 rings (SSSR count). The highest BCUT2D eigenvalue weighted by Crippen LogP contribution is 2.25. The van der Waals surface area contributed by atoms with Crippen LogP contribution in [0.1, 0.15) is 47.0 Å². The standard InChI is InChI=1S/C14H32OSi2/c1-6-11-12-13-14-16(7-2)15-17(8-3,9-4)10-5/h6,16H,1,7-14H2,2-5H3. The zero-order valence-corrected chi connectivity index (χ0v) is 14.6. The second-order valence-electron chi connectivity index (χ2n) is 4.96. The summed E-state index contributed by atoms with van der Waals surface area (Å²) in [4.78, 5) is 0. The van der Waals surface area contributed by atoms with E-state index in [-0.39, 0.29) is 0 Å². The molecule has 0 aliphatic rings. The van der Waals surface area contributed by atoms with Crippen molar-refractivity contribution in [2.45, 2.75) is 77.2 Å². The van der Waals surface area contributed by atoms with E-state index in [2.05, 4.69) is 34.3 Å². The van der Waals surface area contributed by atoms with Crippen molar-refractivity contribution in [1.82, 2.24) is 0 Å². The van der Waals surface area contributed by atoms with Crippen LogP contribution in [0, 0.1) is 0 Å². The maximum Gasteiger partial charge on any atom is 0.178 e. The van der Waals surface area contributed by atoms with E-state index in [4.69, 9.17) is 4.12 Å². The van der Waals surface area contributed by atoms with Crippen LogP contribution in [0.15, 0.2) is 12.7 Å². The minimum absolute atomic E-state index is 0.906. The molecule has 1 nitrogen and oxygen atoms in total. The molecule has 0 aliphatic carbocycles. The van der Waals surface area contributed by atoms with Gasteiger partial charge in [-0.05, 0) is 36.6 Å². The van der Waals surface area contributed by atoms with Crippen LogP contribution in [0.2, 0.25) is 30.2 Å². The normalized spacial score (nSPS) is 13.6. The summed E-state index contributed by atoms with van der Waals surface area (Å²) in [5.41, 5.74) is 0. The van der Waals surface area contributed by atoms with Crippen LogP contribution >= 0.6 is 0 Å². The summed E-state index contributed by atoms with van der Waals surface area (Å²) in [6.45, 7) is 13.1. The lowest BCUT2D eigenvalue weighted by molar-refractivity contribution is 0.534. The van der Waals surface area contributed by atoms with Gasteiger partial charge in [0.15, 0.2) is 17.4 Å². The molecule has 0 bridgehead atoms. The molecule has 0 heterocycles. The van der Waals surface area contributed by atoms with Gasteiger partial charge < -0.3 is 4.12 Å². The highest BCUT2D eigenvalue weighted by Gasteiger charge is 2.31. The molecule has 17 heavy (non-hydrogen) atoms. The van der Waals surface area contributed by atoms with Gasteiger partial charge in [-0.1, -0.05) is 46.6 Å². The van der Waals surface area contributed by atoms with Gasteiger partial charge in [0.05, 0.1) is 0 Å². The van der Waals surface area contributed by atoms with Crippen molar-refractivity contribution in [3.63, 3.8) is 0 Å². The maximum absolute atomic E-state index is 6.67. The van der Waals surface area contributed by atoms with Gasteiger partial charge in [0, 0.05) is 0 Å². The van der Waals surface area contributed by atoms with Crippen LogP contribution in [-0.4, -0.2) is 17.4 Å². The fraction of sp³-hybridized carbons (Fsp3) is 0.857. The van der Waals surface area contributed by atoms with Crippen molar-refractivity contribution in [2.75, 3.05) is 0 Å². The van der Waals surface area contributed by atoms with Crippen molar-refractivity contribution < 1.29 is 4.12 Å². The number of rotatable bonds is 11. The minimum atomic E-state index is -1.33. The van der Waals surface area contributed by atoms with Gasteiger partial charge in [0.25, 0.3) is 0 Å². The summed E-state index contributed by atoms with van der Waals surface area (Å²) in [5.74, 6) is 0. The maximum atomic E-state index is 6.67. The quantitative estimate of drug-likeness (QED) is 0.288. The van der Waals surface area contributed by atoms with Gasteiger partial charge in [-0.2, -0.15) is 0 Å². The zero-order chi connectivity index (χ0) is 13.1. The molecule has 1 unspecified atom stereocenters. The number of unbranched alkanes of at least 4 members (excludes halogenated alkanes) is 2. The van der Waals surface area contributed by atoms with E-state index in [0.717, 1.165) is 0 Å². The predicted octanol–water partition coefficient (Wildman–Crippen LogP) is 5.11. The van der Waals surface area contributed by atoms with Gasteiger partial charge in [-0.25, -0.2) is 0 Å². The first-order valence-electron chi connectivity index (χ1n) is 7.46. The molecule has 0 aromatic carbocycles. The lowest BCUT2D eigenvalue weighted by Crippen LogP contribution is -2.41. The summed E-state index contributed by atoms with van der Waals surface area (Å²) >= 11 is 0. The molecule has 0 amide bonds. The van der Waals surface area contributed by atoms with Crippen molar-refractivity contribution >= 4 is 17.4 Å². The Bertz CT molecular complexity index is 182.